The number of pyridine rings is 1. The fraction of sp³-hybridized carbons (Fsp3) is 0.615. The molecule has 0 unspecified atom stereocenters. The van der Waals surface area contributed by atoms with Gasteiger partial charge in [-0.1, -0.05) is 25.4 Å². The maximum absolute atomic E-state index is 12.2. The van der Waals surface area contributed by atoms with Gasteiger partial charge in [-0.15, -0.1) is 0 Å². The Morgan fingerprint density at radius 1 is 1.24 bits per heavy atom. The number of halogens is 1. The summed E-state index contributed by atoms with van der Waals surface area (Å²) in [5.74, 6) is 0. The highest BCUT2D eigenvalue weighted by Gasteiger charge is 2.26. The monoisotopic (exact) mass is 334 g/mol. The lowest BCUT2D eigenvalue weighted by atomic mass is 10.3. The van der Waals surface area contributed by atoms with E-state index in [1.165, 1.54) is 4.31 Å². The predicted octanol–water partition coefficient (Wildman–Crippen LogP) is 1.97. The number of piperazine rings is 1. The Morgan fingerprint density at radius 2 is 1.81 bits per heavy atom. The number of anilines is 1. The van der Waals surface area contributed by atoms with Gasteiger partial charge in [-0.05, 0) is 25.6 Å². The zero-order valence-electron chi connectivity index (χ0n) is 12.9. The second-order valence-corrected chi connectivity index (χ2v) is 6.69. The van der Waals surface area contributed by atoms with Gasteiger partial charge < -0.3 is 4.90 Å². The lowest BCUT2D eigenvalue weighted by Gasteiger charge is -2.31. The van der Waals surface area contributed by atoms with Crippen LogP contribution in [-0.2, 0) is 10.2 Å². The molecule has 2 heterocycles. The average molecular weight is 335 g/mol. The van der Waals surface area contributed by atoms with Gasteiger partial charge in [0.1, 0.15) is 0 Å². The summed E-state index contributed by atoms with van der Waals surface area (Å²) in [6.45, 7) is 8.23. The van der Waals surface area contributed by atoms with Crippen molar-refractivity contribution < 1.29 is 8.42 Å². The standard InChI is InChI=1S/C11H17ClN4O2S.C2H6/c1-9-7-10(11(12)13-8-9)14-19(17,18)16-5-3-15(2)4-6-16;1-2/h7-8,14H,3-6H2,1-2H3;1-2H3. The summed E-state index contributed by atoms with van der Waals surface area (Å²) in [7, 11) is -1.60. The van der Waals surface area contributed by atoms with Crippen molar-refractivity contribution in [2.45, 2.75) is 20.8 Å². The van der Waals surface area contributed by atoms with E-state index >= 15 is 0 Å². The Kier molecular flexibility index (Phi) is 6.86. The first-order chi connectivity index (χ1) is 9.88. The average Bonchev–Trinajstić information content (AvgIpc) is 2.45. The molecule has 1 aliphatic rings. The molecule has 21 heavy (non-hydrogen) atoms. The largest absolute Gasteiger partial charge is 0.304 e. The van der Waals surface area contributed by atoms with Gasteiger partial charge in [-0.3, -0.25) is 4.72 Å². The molecule has 0 aliphatic carbocycles. The summed E-state index contributed by atoms with van der Waals surface area (Å²) >= 11 is 5.90. The van der Waals surface area contributed by atoms with Gasteiger partial charge in [-0.2, -0.15) is 12.7 Å². The van der Waals surface area contributed by atoms with Crippen molar-refractivity contribution >= 4 is 27.5 Å². The van der Waals surface area contributed by atoms with Gasteiger partial charge in [0.2, 0.25) is 0 Å². The van der Waals surface area contributed by atoms with E-state index in [0.29, 0.717) is 18.8 Å². The quantitative estimate of drug-likeness (QED) is 0.858. The molecular formula is C13H23ClN4O2S. The van der Waals surface area contributed by atoms with Crippen molar-refractivity contribution in [2.75, 3.05) is 37.9 Å². The second-order valence-electron chi connectivity index (χ2n) is 4.66. The van der Waals surface area contributed by atoms with Crippen molar-refractivity contribution in [1.29, 1.82) is 0 Å². The minimum absolute atomic E-state index is 0.156. The molecule has 1 saturated heterocycles. The van der Waals surface area contributed by atoms with E-state index in [-0.39, 0.29) is 5.15 Å². The van der Waals surface area contributed by atoms with Crippen LogP contribution in [0.3, 0.4) is 0 Å². The number of hydrogen-bond acceptors (Lipinski definition) is 4. The molecule has 0 amide bonds. The highest BCUT2D eigenvalue weighted by atomic mass is 35.5. The summed E-state index contributed by atoms with van der Waals surface area (Å²) in [6.07, 6.45) is 1.59. The summed E-state index contributed by atoms with van der Waals surface area (Å²) < 4.78 is 28.4. The van der Waals surface area contributed by atoms with Gasteiger partial charge in [0.05, 0.1) is 5.69 Å². The molecule has 0 atom stereocenters. The first-order valence-electron chi connectivity index (χ1n) is 6.97. The van der Waals surface area contributed by atoms with Gasteiger partial charge >= 0.3 is 10.2 Å². The number of hydrogen-bond donors (Lipinski definition) is 1. The maximum atomic E-state index is 12.2. The van der Waals surface area contributed by atoms with Crippen molar-refractivity contribution in [1.82, 2.24) is 14.2 Å². The number of rotatable bonds is 3. The third kappa shape index (κ3) is 5.10. The van der Waals surface area contributed by atoms with Gasteiger partial charge in [0.25, 0.3) is 0 Å². The van der Waals surface area contributed by atoms with Crippen LogP contribution in [0.4, 0.5) is 5.69 Å². The van der Waals surface area contributed by atoms with Gasteiger partial charge in [0.15, 0.2) is 5.15 Å². The fourth-order valence-corrected chi connectivity index (χ4v) is 3.27. The Hall–Kier alpha value is -0.890. The maximum Gasteiger partial charge on any atom is 0.301 e. The molecule has 0 aromatic carbocycles. The second kappa shape index (κ2) is 7.93. The molecule has 6 nitrogen and oxygen atoms in total. The van der Waals surface area contributed by atoms with E-state index in [0.717, 1.165) is 18.7 Å². The Bertz CT molecular complexity index is 557. The number of aryl methyl sites for hydroxylation is 1. The van der Waals surface area contributed by atoms with E-state index in [9.17, 15) is 8.42 Å². The molecule has 0 radical (unpaired) electrons. The molecule has 120 valence electrons. The normalized spacial score (nSPS) is 17.0. The number of aromatic nitrogens is 1. The summed E-state index contributed by atoms with van der Waals surface area (Å²) in [5, 5.41) is 0.156. The van der Waals surface area contributed by atoms with E-state index < -0.39 is 10.2 Å². The smallest absolute Gasteiger partial charge is 0.301 e. The van der Waals surface area contributed by atoms with Crippen molar-refractivity contribution in [2.24, 2.45) is 0 Å². The van der Waals surface area contributed by atoms with Crippen LogP contribution in [0.1, 0.15) is 19.4 Å². The topological polar surface area (TPSA) is 65.5 Å². The van der Waals surface area contributed by atoms with E-state index in [1.807, 2.05) is 27.8 Å². The number of likely N-dealkylation sites (N-methyl/N-ethyl adjacent to an activating group) is 1. The molecule has 1 aromatic rings. The van der Waals surface area contributed by atoms with Crippen LogP contribution < -0.4 is 4.72 Å². The first-order valence-corrected chi connectivity index (χ1v) is 8.79. The molecule has 0 bridgehead atoms. The zero-order valence-corrected chi connectivity index (χ0v) is 14.5. The van der Waals surface area contributed by atoms with Crippen molar-refractivity contribution in [3.63, 3.8) is 0 Å². The molecule has 1 aromatic heterocycles. The minimum atomic E-state index is -3.57. The summed E-state index contributed by atoms with van der Waals surface area (Å²) in [4.78, 5) is 6.02. The molecule has 0 saturated carbocycles. The summed E-state index contributed by atoms with van der Waals surface area (Å²) in [6, 6.07) is 1.67. The lowest BCUT2D eigenvalue weighted by Crippen LogP contribution is -2.48. The first kappa shape index (κ1) is 18.2. The Morgan fingerprint density at radius 3 is 2.38 bits per heavy atom. The van der Waals surface area contributed by atoms with E-state index in [4.69, 9.17) is 11.6 Å². The third-order valence-corrected chi connectivity index (χ3v) is 4.84. The van der Waals surface area contributed by atoms with Crippen molar-refractivity contribution in [3.05, 3.63) is 23.0 Å². The number of nitrogens with one attached hydrogen (secondary N) is 1. The van der Waals surface area contributed by atoms with Crippen LogP contribution in [0.25, 0.3) is 0 Å². The molecule has 8 heteroatoms. The van der Waals surface area contributed by atoms with Gasteiger partial charge in [0, 0.05) is 32.4 Å². The van der Waals surface area contributed by atoms with Crippen LogP contribution in [0.2, 0.25) is 5.15 Å². The highest BCUT2D eigenvalue weighted by molar-refractivity contribution is 7.90. The Balaban J connectivity index is 0.00000106. The van der Waals surface area contributed by atoms with Crippen LogP contribution >= 0.6 is 11.6 Å². The number of nitrogens with zero attached hydrogens (tertiary/aromatic N) is 3. The van der Waals surface area contributed by atoms with E-state index in [1.54, 1.807) is 12.3 Å². The molecule has 1 N–H and O–H groups in total. The molecule has 2 rings (SSSR count). The van der Waals surface area contributed by atoms with Crippen LogP contribution in [0.5, 0.6) is 0 Å². The summed E-state index contributed by atoms with van der Waals surface area (Å²) in [5.41, 5.74) is 1.17. The molecular weight excluding hydrogens is 312 g/mol. The predicted molar refractivity (Wildman–Crippen MR) is 86.9 cm³/mol. The Labute approximate surface area is 132 Å². The van der Waals surface area contributed by atoms with Crippen LogP contribution in [-0.4, -0.2) is 55.8 Å². The molecule has 1 aliphatic heterocycles. The van der Waals surface area contributed by atoms with Crippen LogP contribution in [0, 0.1) is 6.92 Å². The molecule has 1 fully saturated rings. The minimum Gasteiger partial charge on any atom is -0.304 e. The third-order valence-electron chi connectivity index (χ3n) is 3.02. The zero-order chi connectivity index (χ0) is 16.0. The fourth-order valence-electron chi connectivity index (χ4n) is 1.86. The van der Waals surface area contributed by atoms with E-state index in [2.05, 4.69) is 14.6 Å². The van der Waals surface area contributed by atoms with Crippen molar-refractivity contribution in [3.8, 4) is 0 Å². The SMILES string of the molecule is CC.Cc1cnc(Cl)c(NS(=O)(=O)N2CCN(C)CC2)c1. The molecule has 0 spiro atoms. The van der Waals surface area contributed by atoms with Crippen LogP contribution in [0.15, 0.2) is 12.3 Å². The van der Waals surface area contributed by atoms with Gasteiger partial charge in [-0.25, -0.2) is 4.98 Å². The highest BCUT2D eigenvalue weighted by Crippen LogP contribution is 2.22. The lowest BCUT2D eigenvalue weighted by molar-refractivity contribution is 0.223.